The third kappa shape index (κ3) is 7.89. The maximum Gasteiger partial charge on any atom is 0.245 e. The molecule has 0 saturated heterocycles. The van der Waals surface area contributed by atoms with Gasteiger partial charge in [0.05, 0.1) is 24.2 Å². The molecular formula is C31H35FN4O3. The molecule has 0 aliphatic rings. The predicted octanol–water partition coefficient (Wildman–Crippen LogP) is 6.70. The van der Waals surface area contributed by atoms with Gasteiger partial charge in [0, 0.05) is 18.1 Å². The van der Waals surface area contributed by atoms with E-state index >= 15 is 0 Å². The van der Waals surface area contributed by atoms with E-state index in [1.165, 1.54) is 17.0 Å². The molecule has 2 aromatic heterocycles. The number of nitrogens with zero attached hydrogens (tertiary/aromatic N) is 3. The van der Waals surface area contributed by atoms with Gasteiger partial charge in [-0.2, -0.15) is 5.10 Å². The summed E-state index contributed by atoms with van der Waals surface area (Å²) in [6.45, 7) is 8.54. The molecule has 2 heterocycles. The Balaban J connectivity index is 1.56. The van der Waals surface area contributed by atoms with Crippen molar-refractivity contribution in [2.75, 3.05) is 11.9 Å². The molecule has 1 unspecified atom stereocenters. The summed E-state index contributed by atoms with van der Waals surface area (Å²) in [5, 5.41) is 7.58. The number of hydrogen-bond donors (Lipinski definition) is 1. The second-order valence-electron chi connectivity index (χ2n) is 11.1. The van der Waals surface area contributed by atoms with Crippen molar-refractivity contribution in [2.45, 2.75) is 47.1 Å². The fourth-order valence-electron chi connectivity index (χ4n) is 4.72. The Morgan fingerprint density at radius 2 is 1.77 bits per heavy atom. The molecule has 4 aromatic rings. The first-order chi connectivity index (χ1) is 18.6. The molecule has 0 radical (unpaired) electrons. The molecule has 1 atom stereocenters. The number of halogens is 1. The molecule has 0 spiro atoms. The van der Waals surface area contributed by atoms with Crippen LogP contribution in [-0.4, -0.2) is 33.0 Å². The van der Waals surface area contributed by atoms with Gasteiger partial charge in [0.2, 0.25) is 11.8 Å². The van der Waals surface area contributed by atoms with E-state index in [1.54, 1.807) is 41.3 Å². The lowest BCUT2D eigenvalue weighted by atomic mass is 9.84. The number of anilines is 1. The second kappa shape index (κ2) is 12.1. The predicted molar refractivity (Wildman–Crippen MR) is 150 cm³/mol. The van der Waals surface area contributed by atoms with Crippen molar-refractivity contribution in [3.63, 3.8) is 0 Å². The second-order valence-corrected chi connectivity index (χ2v) is 11.1. The molecule has 2 amide bonds. The van der Waals surface area contributed by atoms with Gasteiger partial charge in [-0.1, -0.05) is 58.0 Å². The summed E-state index contributed by atoms with van der Waals surface area (Å²) >= 11 is 0. The van der Waals surface area contributed by atoms with Gasteiger partial charge in [-0.05, 0) is 54.2 Å². The molecule has 1 N–H and O–H groups in total. The highest BCUT2D eigenvalue weighted by atomic mass is 19.1. The number of hydrogen-bond acceptors (Lipinski definition) is 4. The number of carbonyl (C=O) groups excluding carboxylic acids is 2. The van der Waals surface area contributed by atoms with Crippen LogP contribution in [0.1, 0.15) is 46.3 Å². The van der Waals surface area contributed by atoms with Crippen LogP contribution in [0.15, 0.2) is 83.5 Å². The van der Waals surface area contributed by atoms with Crippen molar-refractivity contribution in [1.82, 2.24) is 14.7 Å². The molecule has 0 fully saturated rings. The largest absolute Gasteiger partial charge is 0.467 e. The summed E-state index contributed by atoms with van der Waals surface area (Å²) in [7, 11) is 0. The molecule has 39 heavy (non-hydrogen) atoms. The van der Waals surface area contributed by atoms with E-state index in [2.05, 4.69) is 38.1 Å². The summed E-state index contributed by atoms with van der Waals surface area (Å²) in [4.78, 5) is 28.1. The minimum atomic E-state index is -0.374. The maximum absolute atomic E-state index is 13.6. The molecule has 0 saturated carbocycles. The van der Waals surface area contributed by atoms with Crippen molar-refractivity contribution >= 4 is 17.6 Å². The van der Waals surface area contributed by atoms with E-state index in [9.17, 15) is 14.0 Å². The van der Waals surface area contributed by atoms with Crippen LogP contribution in [0.25, 0.3) is 16.9 Å². The average molecular weight is 531 g/mol. The van der Waals surface area contributed by atoms with Gasteiger partial charge in [0.1, 0.15) is 23.9 Å². The SMILES string of the molecule is CC(CC(=O)N(CC(=O)Nc1cc(-c2ccccc2)nn1-c1ccc(F)cc1)Cc1ccco1)CC(C)(C)C. The van der Waals surface area contributed by atoms with Gasteiger partial charge in [-0.3, -0.25) is 9.59 Å². The van der Waals surface area contributed by atoms with Crippen molar-refractivity contribution < 1.29 is 18.4 Å². The molecule has 0 bridgehead atoms. The quantitative estimate of drug-likeness (QED) is 0.247. The summed E-state index contributed by atoms with van der Waals surface area (Å²) in [5.74, 6) is 0.316. The topological polar surface area (TPSA) is 80.4 Å². The number of rotatable bonds is 10. The van der Waals surface area contributed by atoms with Crippen LogP contribution in [0.3, 0.4) is 0 Å². The first-order valence-corrected chi connectivity index (χ1v) is 13.1. The highest BCUT2D eigenvalue weighted by Gasteiger charge is 2.24. The number of carbonyl (C=O) groups is 2. The smallest absolute Gasteiger partial charge is 0.245 e. The van der Waals surface area contributed by atoms with Crippen LogP contribution in [-0.2, 0) is 16.1 Å². The van der Waals surface area contributed by atoms with E-state index < -0.39 is 0 Å². The van der Waals surface area contributed by atoms with Gasteiger partial charge in [-0.25, -0.2) is 9.07 Å². The van der Waals surface area contributed by atoms with Gasteiger partial charge in [0.25, 0.3) is 0 Å². The van der Waals surface area contributed by atoms with E-state index in [0.717, 1.165) is 12.0 Å². The first-order valence-electron chi connectivity index (χ1n) is 13.1. The Morgan fingerprint density at radius 3 is 2.41 bits per heavy atom. The monoisotopic (exact) mass is 530 g/mol. The lowest BCUT2D eigenvalue weighted by Crippen LogP contribution is -2.38. The van der Waals surface area contributed by atoms with Crippen LogP contribution >= 0.6 is 0 Å². The zero-order valence-corrected chi connectivity index (χ0v) is 22.9. The van der Waals surface area contributed by atoms with Crippen molar-refractivity contribution in [3.8, 4) is 16.9 Å². The Hall–Kier alpha value is -4.20. The summed E-state index contributed by atoms with van der Waals surface area (Å²) in [6.07, 6.45) is 2.77. The third-order valence-electron chi connectivity index (χ3n) is 6.22. The molecular weight excluding hydrogens is 495 g/mol. The number of furan rings is 1. The molecule has 204 valence electrons. The highest BCUT2D eigenvalue weighted by molar-refractivity contribution is 5.94. The fraction of sp³-hybridized carbons (Fsp3) is 0.323. The summed E-state index contributed by atoms with van der Waals surface area (Å²) < 4.78 is 20.6. The lowest BCUT2D eigenvalue weighted by Gasteiger charge is -2.26. The summed E-state index contributed by atoms with van der Waals surface area (Å²) in [5.41, 5.74) is 2.21. The van der Waals surface area contributed by atoms with Gasteiger partial charge in [0.15, 0.2) is 0 Å². The number of benzene rings is 2. The standard InChI is InChI=1S/C31H35FN4O3/c1-22(19-31(2,3)4)17-30(38)35(20-26-11-8-16-39-26)21-29(37)33-28-18-27(23-9-6-5-7-10-23)34-36(28)25-14-12-24(32)13-15-25/h5-16,18,22H,17,19-21H2,1-4H3,(H,33,37). The average Bonchev–Trinajstić information content (AvgIpc) is 3.54. The molecule has 7 nitrogen and oxygen atoms in total. The Bertz CT molecular complexity index is 1370. The Labute approximate surface area is 228 Å². The van der Waals surface area contributed by atoms with Crippen LogP contribution in [0.4, 0.5) is 10.2 Å². The fourth-order valence-corrected chi connectivity index (χ4v) is 4.72. The van der Waals surface area contributed by atoms with Crippen LogP contribution in [0, 0.1) is 17.2 Å². The molecule has 8 heteroatoms. The van der Waals surface area contributed by atoms with Gasteiger partial charge < -0.3 is 14.6 Å². The van der Waals surface area contributed by atoms with E-state index in [4.69, 9.17) is 4.42 Å². The first kappa shape index (κ1) is 27.8. The number of amides is 2. The van der Waals surface area contributed by atoms with Gasteiger partial charge in [-0.15, -0.1) is 0 Å². The van der Waals surface area contributed by atoms with E-state index in [1.807, 2.05) is 30.3 Å². The lowest BCUT2D eigenvalue weighted by molar-refractivity contribution is -0.136. The highest BCUT2D eigenvalue weighted by Crippen LogP contribution is 2.27. The summed E-state index contributed by atoms with van der Waals surface area (Å²) in [6, 6.07) is 20.7. The van der Waals surface area contributed by atoms with Crippen LogP contribution in [0.2, 0.25) is 0 Å². The van der Waals surface area contributed by atoms with E-state index in [-0.39, 0.29) is 42.1 Å². The number of aromatic nitrogens is 2. The zero-order chi connectivity index (χ0) is 28.0. The molecule has 0 aliphatic heterocycles. The molecule has 2 aromatic carbocycles. The minimum absolute atomic E-state index is 0.0954. The Kier molecular flexibility index (Phi) is 8.64. The van der Waals surface area contributed by atoms with E-state index in [0.29, 0.717) is 29.4 Å². The zero-order valence-electron chi connectivity index (χ0n) is 22.9. The van der Waals surface area contributed by atoms with Crippen LogP contribution < -0.4 is 5.32 Å². The van der Waals surface area contributed by atoms with Gasteiger partial charge >= 0.3 is 0 Å². The van der Waals surface area contributed by atoms with Crippen molar-refractivity contribution in [1.29, 1.82) is 0 Å². The number of nitrogens with one attached hydrogen (secondary N) is 1. The maximum atomic E-state index is 13.6. The minimum Gasteiger partial charge on any atom is -0.467 e. The molecule has 0 aliphatic carbocycles. The normalized spacial score (nSPS) is 12.2. The van der Waals surface area contributed by atoms with Crippen molar-refractivity contribution in [2.24, 2.45) is 11.3 Å². The van der Waals surface area contributed by atoms with Crippen LogP contribution in [0.5, 0.6) is 0 Å². The van der Waals surface area contributed by atoms with Crippen molar-refractivity contribution in [3.05, 3.63) is 90.6 Å². The Morgan fingerprint density at radius 1 is 1.05 bits per heavy atom. The molecule has 4 rings (SSSR count). The third-order valence-corrected chi connectivity index (χ3v) is 6.22.